The number of ether oxygens (including phenoxy) is 2. The van der Waals surface area contributed by atoms with Gasteiger partial charge in [0, 0.05) is 12.8 Å². The number of aliphatic hydroxyl groups excluding tert-OH is 1. The van der Waals surface area contributed by atoms with Crippen LogP contribution in [-0.2, 0) is 19.1 Å². The topological polar surface area (TPSA) is 72.8 Å². The van der Waals surface area contributed by atoms with Crippen molar-refractivity contribution in [2.24, 2.45) is 0 Å². The van der Waals surface area contributed by atoms with Crippen molar-refractivity contribution in [3.05, 3.63) is 134 Å². The summed E-state index contributed by atoms with van der Waals surface area (Å²) in [5.74, 6) is -0.591. The number of carbonyl (C=O) groups excluding carboxylic acids is 2. The third-order valence-corrected chi connectivity index (χ3v) is 13.9. The molecule has 0 fully saturated rings. The first-order valence-corrected chi connectivity index (χ1v) is 32.7. The van der Waals surface area contributed by atoms with Crippen LogP contribution in [0, 0.1) is 0 Å². The van der Waals surface area contributed by atoms with Crippen LogP contribution in [0.1, 0.15) is 296 Å². The monoisotopic (exact) mass is 1080 g/mol. The molecule has 0 saturated heterocycles. The lowest BCUT2D eigenvalue weighted by Gasteiger charge is -2.15. The van der Waals surface area contributed by atoms with Gasteiger partial charge >= 0.3 is 11.9 Å². The minimum atomic E-state index is -0.781. The molecule has 1 unspecified atom stereocenters. The molecule has 1 N–H and O–H groups in total. The van der Waals surface area contributed by atoms with E-state index in [1.165, 1.54) is 161 Å². The van der Waals surface area contributed by atoms with Gasteiger partial charge in [-0.25, -0.2) is 0 Å². The van der Waals surface area contributed by atoms with Crippen LogP contribution in [0.4, 0.5) is 0 Å². The third kappa shape index (κ3) is 64.6. The Labute approximate surface area is 483 Å². The maximum atomic E-state index is 12.4. The number of unbranched alkanes of at least 4 members (excludes halogenated alkanes) is 29. The normalized spacial score (nSPS) is 13.1. The van der Waals surface area contributed by atoms with Crippen LogP contribution in [0.15, 0.2) is 134 Å². The zero-order valence-electron chi connectivity index (χ0n) is 50.9. The van der Waals surface area contributed by atoms with Gasteiger partial charge in [-0.05, 0) is 109 Å². The molecule has 0 aromatic carbocycles. The van der Waals surface area contributed by atoms with Gasteiger partial charge in [-0.1, -0.05) is 308 Å². The molecule has 0 saturated carbocycles. The van der Waals surface area contributed by atoms with E-state index >= 15 is 0 Å². The smallest absolute Gasteiger partial charge is 0.306 e. The second-order valence-corrected chi connectivity index (χ2v) is 21.4. The molecular formula is C73H122O5. The molecule has 0 heterocycles. The van der Waals surface area contributed by atoms with Gasteiger partial charge in [-0.15, -0.1) is 0 Å². The van der Waals surface area contributed by atoms with E-state index in [0.717, 1.165) is 109 Å². The Balaban J connectivity index is 3.48. The van der Waals surface area contributed by atoms with E-state index in [-0.39, 0.29) is 25.2 Å². The SMILES string of the molecule is CC/C=C\C/C=C\C/C=C\C/C=C\C/C=C\C/C=C\C/C=C\CCCCCCCCCCCCCCCCCCCCCC(=O)OC(CO)COC(=O)CCCCCCCCCCCC/C=C\C/C=C\C/C=C\C/C=C\CC. The highest BCUT2D eigenvalue weighted by Gasteiger charge is 2.16. The molecule has 0 aromatic heterocycles. The van der Waals surface area contributed by atoms with Crippen molar-refractivity contribution in [3.8, 4) is 0 Å². The van der Waals surface area contributed by atoms with Crippen LogP contribution in [0.3, 0.4) is 0 Å². The minimum absolute atomic E-state index is 0.0713. The lowest BCUT2D eigenvalue weighted by molar-refractivity contribution is -0.161. The third-order valence-electron chi connectivity index (χ3n) is 13.9. The van der Waals surface area contributed by atoms with Gasteiger partial charge in [0.15, 0.2) is 6.10 Å². The summed E-state index contributed by atoms with van der Waals surface area (Å²) in [4.78, 5) is 24.6. The predicted octanol–water partition coefficient (Wildman–Crippen LogP) is 22.8. The van der Waals surface area contributed by atoms with Gasteiger partial charge in [0.2, 0.25) is 0 Å². The van der Waals surface area contributed by atoms with E-state index in [4.69, 9.17) is 9.47 Å². The van der Waals surface area contributed by atoms with Crippen molar-refractivity contribution in [1.29, 1.82) is 0 Å². The standard InChI is InChI=1S/C73H122O5/c1-3-5-7-9-11-13-15-17-19-21-23-25-27-28-29-30-31-32-33-34-35-36-37-38-39-40-41-42-43-44-46-48-50-52-54-56-58-60-62-64-66-68-73(76)78-71(69-74)70-77-72(75)67-65-63-61-59-57-55-53-51-49-47-45-26-24-22-20-18-16-14-12-10-8-6-4-2/h5-8,11-14,17-20,23-26,28-29,31-32,34-35,71,74H,3-4,9-10,15-16,21-22,27,30,33,36-70H2,1-2H3/b7-5-,8-6-,13-11-,14-12-,19-17-,20-18-,25-23-,26-24-,29-28-,32-31-,35-34-. The van der Waals surface area contributed by atoms with E-state index in [0.29, 0.717) is 12.8 Å². The van der Waals surface area contributed by atoms with E-state index in [1.54, 1.807) is 0 Å². The van der Waals surface area contributed by atoms with E-state index in [1.807, 2.05) is 0 Å². The van der Waals surface area contributed by atoms with Crippen molar-refractivity contribution < 1.29 is 24.2 Å². The molecule has 0 aliphatic heterocycles. The Morgan fingerprint density at radius 1 is 0.295 bits per heavy atom. The molecule has 5 nitrogen and oxygen atoms in total. The van der Waals surface area contributed by atoms with Crippen molar-refractivity contribution in [1.82, 2.24) is 0 Å². The number of carbonyl (C=O) groups is 2. The van der Waals surface area contributed by atoms with Crippen molar-refractivity contribution >= 4 is 11.9 Å². The van der Waals surface area contributed by atoms with Gasteiger partial charge in [-0.2, -0.15) is 0 Å². The predicted molar refractivity (Wildman–Crippen MR) is 343 cm³/mol. The molecule has 0 bridgehead atoms. The zero-order valence-corrected chi connectivity index (χ0v) is 50.9. The first kappa shape index (κ1) is 74.0. The van der Waals surface area contributed by atoms with E-state index in [2.05, 4.69) is 148 Å². The molecule has 78 heavy (non-hydrogen) atoms. The minimum Gasteiger partial charge on any atom is -0.462 e. The van der Waals surface area contributed by atoms with Gasteiger partial charge in [0.25, 0.3) is 0 Å². The lowest BCUT2D eigenvalue weighted by Crippen LogP contribution is -2.28. The van der Waals surface area contributed by atoms with Crippen LogP contribution in [0.2, 0.25) is 0 Å². The van der Waals surface area contributed by atoms with Crippen molar-refractivity contribution in [2.75, 3.05) is 13.2 Å². The second kappa shape index (κ2) is 67.3. The van der Waals surface area contributed by atoms with Crippen LogP contribution >= 0.6 is 0 Å². The summed E-state index contributed by atoms with van der Waals surface area (Å²) in [6.45, 7) is 3.93. The molecule has 1 atom stereocenters. The van der Waals surface area contributed by atoms with Crippen LogP contribution in [0.5, 0.6) is 0 Å². The summed E-state index contributed by atoms with van der Waals surface area (Å²) >= 11 is 0. The summed E-state index contributed by atoms with van der Waals surface area (Å²) in [5.41, 5.74) is 0. The largest absolute Gasteiger partial charge is 0.462 e. The van der Waals surface area contributed by atoms with Gasteiger partial charge < -0.3 is 14.6 Å². The number of allylic oxidation sites excluding steroid dienone is 22. The average Bonchev–Trinajstić information content (AvgIpc) is 3.44. The van der Waals surface area contributed by atoms with Crippen LogP contribution in [-0.4, -0.2) is 36.4 Å². The maximum absolute atomic E-state index is 12.4. The van der Waals surface area contributed by atoms with E-state index in [9.17, 15) is 14.7 Å². The summed E-state index contributed by atoms with van der Waals surface area (Å²) in [6.07, 6.45) is 100. The van der Waals surface area contributed by atoms with Crippen molar-refractivity contribution in [3.63, 3.8) is 0 Å². The molecule has 0 aliphatic carbocycles. The lowest BCUT2D eigenvalue weighted by atomic mass is 10.0. The Kier molecular flexibility index (Phi) is 63.9. The molecule has 5 heteroatoms. The summed E-state index contributed by atoms with van der Waals surface area (Å²) < 4.78 is 10.7. The first-order valence-electron chi connectivity index (χ1n) is 32.7. The quantitative estimate of drug-likeness (QED) is 0.0373. The summed E-state index contributed by atoms with van der Waals surface area (Å²) in [5, 5.41) is 9.68. The summed E-state index contributed by atoms with van der Waals surface area (Å²) in [7, 11) is 0. The second-order valence-electron chi connectivity index (χ2n) is 21.4. The molecule has 444 valence electrons. The molecule has 0 amide bonds. The number of hydrogen-bond acceptors (Lipinski definition) is 5. The summed E-state index contributed by atoms with van der Waals surface area (Å²) in [6, 6.07) is 0. The first-order chi connectivity index (χ1) is 38.6. The zero-order chi connectivity index (χ0) is 56.2. The Morgan fingerprint density at radius 2 is 0.513 bits per heavy atom. The fraction of sp³-hybridized carbons (Fsp3) is 0.671. The van der Waals surface area contributed by atoms with Crippen LogP contribution in [0.25, 0.3) is 0 Å². The highest BCUT2D eigenvalue weighted by molar-refractivity contribution is 5.70. The average molecular weight is 1080 g/mol. The molecule has 0 aliphatic rings. The fourth-order valence-corrected chi connectivity index (χ4v) is 9.12. The van der Waals surface area contributed by atoms with Crippen molar-refractivity contribution in [2.45, 2.75) is 302 Å². The Morgan fingerprint density at radius 3 is 0.769 bits per heavy atom. The molecule has 0 rings (SSSR count). The molecule has 0 aromatic rings. The number of rotatable bonds is 59. The number of esters is 2. The molecular weight excluding hydrogens is 957 g/mol. The highest BCUT2D eigenvalue weighted by atomic mass is 16.6. The highest BCUT2D eigenvalue weighted by Crippen LogP contribution is 2.17. The molecule has 0 spiro atoms. The van der Waals surface area contributed by atoms with Gasteiger partial charge in [0.1, 0.15) is 6.61 Å². The Hall–Kier alpha value is -3.96. The maximum Gasteiger partial charge on any atom is 0.306 e. The fourth-order valence-electron chi connectivity index (χ4n) is 9.12. The number of aliphatic hydroxyl groups is 1. The van der Waals surface area contributed by atoms with E-state index < -0.39 is 6.10 Å². The Bertz CT molecular complexity index is 1600. The van der Waals surface area contributed by atoms with Crippen LogP contribution < -0.4 is 0 Å². The number of hydrogen-bond donors (Lipinski definition) is 1. The van der Waals surface area contributed by atoms with Gasteiger partial charge in [-0.3, -0.25) is 9.59 Å². The molecule has 0 radical (unpaired) electrons. The van der Waals surface area contributed by atoms with Gasteiger partial charge in [0.05, 0.1) is 6.61 Å².